The molecule has 1 aliphatic rings. The Hall–Kier alpha value is -0.900. The van der Waals surface area contributed by atoms with Crippen LogP contribution in [-0.4, -0.2) is 27.6 Å². The molecule has 0 spiro atoms. The van der Waals surface area contributed by atoms with Gasteiger partial charge in [0.15, 0.2) is 0 Å². The zero-order chi connectivity index (χ0) is 11.2. The predicted octanol–water partition coefficient (Wildman–Crippen LogP) is 1.84. The van der Waals surface area contributed by atoms with Crippen LogP contribution in [0.4, 0.5) is 0 Å². The van der Waals surface area contributed by atoms with E-state index in [1.807, 2.05) is 10.9 Å². The molecule has 0 aromatic carbocycles. The summed E-state index contributed by atoms with van der Waals surface area (Å²) in [5.41, 5.74) is 0. The first kappa shape index (κ1) is 11.6. The van der Waals surface area contributed by atoms with Gasteiger partial charge in [0.25, 0.3) is 0 Å². The Morgan fingerprint density at radius 3 is 3.00 bits per heavy atom. The van der Waals surface area contributed by atoms with Crippen LogP contribution in [0.25, 0.3) is 0 Å². The number of aryl methyl sites for hydroxylation is 1. The average molecular weight is 222 g/mol. The van der Waals surface area contributed by atoms with Crippen molar-refractivity contribution in [2.24, 2.45) is 5.92 Å². The van der Waals surface area contributed by atoms with Crippen LogP contribution in [0.3, 0.4) is 0 Å². The molecule has 1 N–H and O–H groups in total. The number of nitrogens with zero attached hydrogens (tertiary/aromatic N) is 3. The summed E-state index contributed by atoms with van der Waals surface area (Å²) in [6.45, 7) is 4.49. The minimum Gasteiger partial charge on any atom is -0.314 e. The van der Waals surface area contributed by atoms with Crippen molar-refractivity contribution in [3.8, 4) is 0 Å². The van der Waals surface area contributed by atoms with E-state index in [2.05, 4.69) is 22.6 Å². The largest absolute Gasteiger partial charge is 0.314 e. The van der Waals surface area contributed by atoms with E-state index in [9.17, 15) is 0 Å². The lowest BCUT2D eigenvalue weighted by atomic mass is 10.1. The molecule has 0 saturated heterocycles. The summed E-state index contributed by atoms with van der Waals surface area (Å²) in [6, 6.07) is 0.779. The molecule has 90 valence electrons. The summed E-state index contributed by atoms with van der Waals surface area (Å²) in [5.74, 6) is 0.924. The number of hydrogen-bond acceptors (Lipinski definition) is 3. The Morgan fingerprint density at radius 2 is 2.31 bits per heavy atom. The van der Waals surface area contributed by atoms with E-state index < -0.39 is 0 Å². The highest BCUT2D eigenvalue weighted by Crippen LogP contribution is 2.24. The van der Waals surface area contributed by atoms with E-state index in [0.29, 0.717) is 0 Å². The second-order valence-corrected chi connectivity index (χ2v) is 4.94. The van der Waals surface area contributed by atoms with Gasteiger partial charge in [-0.2, -0.15) is 0 Å². The maximum atomic E-state index is 3.95. The SMILES string of the molecule is CC1CCC(NCCCCn2ccnn2)C1. The molecule has 1 aliphatic carbocycles. The van der Waals surface area contributed by atoms with Gasteiger partial charge in [0, 0.05) is 18.8 Å². The molecule has 4 heteroatoms. The first-order valence-corrected chi connectivity index (χ1v) is 6.42. The summed E-state index contributed by atoms with van der Waals surface area (Å²) in [7, 11) is 0. The molecule has 0 amide bonds. The van der Waals surface area contributed by atoms with Crippen LogP contribution in [0.1, 0.15) is 39.0 Å². The third kappa shape index (κ3) is 3.59. The third-order valence-corrected chi connectivity index (χ3v) is 3.41. The lowest BCUT2D eigenvalue weighted by Crippen LogP contribution is -2.27. The van der Waals surface area contributed by atoms with Crippen LogP contribution in [0.5, 0.6) is 0 Å². The molecule has 2 unspecified atom stereocenters. The summed E-state index contributed by atoms with van der Waals surface area (Å²) < 4.78 is 1.90. The van der Waals surface area contributed by atoms with Gasteiger partial charge >= 0.3 is 0 Å². The molecule has 4 nitrogen and oxygen atoms in total. The Labute approximate surface area is 97.4 Å². The van der Waals surface area contributed by atoms with Crippen molar-refractivity contribution >= 4 is 0 Å². The second-order valence-electron chi connectivity index (χ2n) is 4.94. The Bertz CT molecular complexity index is 283. The van der Waals surface area contributed by atoms with Crippen molar-refractivity contribution in [1.82, 2.24) is 20.3 Å². The van der Waals surface area contributed by atoms with Crippen LogP contribution >= 0.6 is 0 Å². The first-order valence-electron chi connectivity index (χ1n) is 6.42. The molecule has 2 atom stereocenters. The summed E-state index contributed by atoms with van der Waals surface area (Å²) in [6.07, 6.45) is 10.2. The molecule has 0 radical (unpaired) electrons. The average Bonchev–Trinajstić information content (AvgIpc) is 2.89. The zero-order valence-corrected chi connectivity index (χ0v) is 10.1. The van der Waals surface area contributed by atoms with Crippen LogP contribution < -0.4 is 5.32 Å². The third-order valence-electron chi connectivity index (χ3n) is 3.41. The standard InChI is InChI=1S/C12H22N4/c1-11-4-5-12(10-11)13-6-2-3-8-16-9-7-14-15-16/h7,9,11-13H,2-6,8,10H2,1H3. The number of unbranched alkanes of at least 4 members (excludes halogenated alkanes) is 1. The van der Waals surface area contributed by atoms with Crippen molar-refractivity contribution in [1.29, 1.82) is 0 Å². The fourth-order valence-corrected chi connectivity index (χ4v) is 2.45. The fourth-order valence-electron chi connectivity index (χ4n) is 2.45. The topological polar surface area (TPSA) is 42.7 Å². The minimum absolute atomic E-state index is 0.779. The van der Waals surface area contributed by atoms with Crippen LogP contribution in [-0.2, 0) is 6.54 Å². The zero-order valence-electron chi connectivity index (χ0n) is 10.1. The Morgan fingerprint density at radius 1 is 1.38 bits per heavy atom. The molecule has 0 aliphatic heterocycles. The maximum absolute atomic E-state index is 3.95. The smallest absolute Gasteiger partial charge is 0.0692 e. The highest BCUT2D eigenvalue weighted by Gasteiger charge is 2.19. The van der Waals surface area contributed by atoms with Gasteiger partial charge in [-0.3, -0.25) is 4.68 Å². The van der Waals surface area contributed by atoms with Gasteiger partial charge < -0.3 is 5.32 Å². The monoisotopic (exact) mass is 222 g/mol. The van der Waals surface area contributed by atoms with Gasteiger partial charge in [0.1, 0.15) is 0 Å². The molecule has 1 aromatic rings. The highest BCUT2D eigenvalue weighted by atomic mass is 15.4. The van der Waals surface area contributed by atoms with Gasteiger partial charge in [-0.25, -0.2) is 0 Å². The van der Waals surface area contributed by atoms with Gasteiger partial charge in [-0.05, 0) is 44.6 Å². The summed E-state index contributed by atoms with van der Waals surface area (Å²) >= 11 is 0. The summed E-state index contributed by atoms with van der Waals surface area (Å²) in [4.78, 5) is 0. The number of rotatable bonds is 6. The molecular formula is C12H22N4. The van der Waals surface area contributed by atoms with Gasteiger partial charge in [-0.1, -0.05) is 12.1 Å². The van der Waals surface area contributed by atoms with Crippen LogP contribution in [0.2, 0.25) is 0 Å². The van der Waals surface area contributed by atoms with Crippen molar-refractivity contribution in [3.05, 3.63) is 12.4 Å². The van der Waals surface area contributed by atoms with Crippen molar-refractivity contribution in [3.63, 3.8) is 0 Å². The molecule has 16 heavy (non-hydrogen) atoms. The second kappa shape index (κ2) is 5.99. The fraction of sp³-hybridized carbons (Fsp3) is 0.833. The maximum Gasteiger partial charge on any atom is 0.0692 e. The van der Waals surface area contributed by atoms with E-state index in [0.717, 1.165) is 25.0 Å². The first-order chi connectivity index (χ1) is 7.84. The van der Waals surface area contributed by atoms with E-state index in [1.54, 1.807) is 6.20 Å². The van der Waals surface area contributed by atoms with Crippen LogP contribution in [0.15, 0.2) is 12.4 Å². The summed E-state index contributed by atoms with van der Waals surface area (Å²) in [5, 5.41) is 11.4. The normalized spacial score (nSPS) is 25.1. The quantitative estimate of drug-likeness (QED) is 0.747. The molecule has 2 rings (SSSR count). The molecule has 1 fully saturated rings. The number of nitrogens with one attached hydrogen (secondary N) is 1. The predicted molar refractivity (Wildman–Crippen MR) is 64.1 cm³/mol. The molecule has 1 heterocycles. The highest BCUT2D eigenvalue weighted by molar-refractivity contribution is 4.77. The lowest BCUT2D eigenvalue weighted by molar-refractivity contribution is 0.471. The lowest BCUT2D eigenvalue weighted by Gasteiger charge is -2.11. The van der Waals surface area contributed by atoms with E-state index in [-0.39, 0.29) is 0 Å². The van der Waals surface area contributed by atoms with Gasteiger partial charge in [0.2, 0.25) is 0 Å². The Kier molecular flexibility index (Phi) is 4.34. The van der Waals surface area contributed by atoms with E-state index >= 15 is 0 Å². The van der Waals surface area contributed by atoms with Crippen molar-refractivity contribution < 1.29 is 0 Å². The number of hydrogen-bond donors (Lipinski definition) is 1. The minimum atomic E-state index is 0.779. The molecular weight excluding hydrogens is 200 g/mol. The van der Waals surface area contributed by atoms with E-state index in [1.165, 1.54) is 32.1 Å². The van der Waals surface area contributed by atoms with E-state index in [4.69, 9.17) is 0 Å². The molecule has 1 saturated carbocycles. The molecule has 1 aromatic heterocycles. The van der Waals surface area contributed by atoms with Crippen LogP contribution in [0, 0.1) is 5.92 Å². The van der Waals surface area contributed by atoms with Crippen molar-refractivity contribution in [2.45, 2.75) is 51.6 Å². The van der Waals surface area contributed by atoms with Crippen molar-refractivity contribution in [2.75, 3.05) is 6.54 Å². The molecule has 0 bridgehead atoms. The van der Waals surface area contributed by atoms with Gasteiger partial charge in [0.05, 0.1) is 6.20 Å². The number of aromatic nitrogens is 3. The van der Waals surface area contributed by atoms with Gasteiger partial charge in [-0.15, -0.1) is 5.10 Å². The Balaban J connectivity index is 1.49.